The lowest BCUT2D eigenvalue weighted by molar-refractivity contribution is -0.259. The van der Waals surface area contributed by atoms with Crippen molar-refractivity contribution in [2.45, 2.75) is 98.5 Å². The zero-order chi connectivity index (χ0) is 25.8. The number of carboxylic acid groups (broad SMARTS) is 1. The lowest BCUT2D eigenvalue weighted by atomic mass is 9.32. The van der Waals surface area contributed by atoms with Crippen LogP contribution in [0.5, 0.6) is 0 Å². The molecule has 0 aromatic heterocycles. The predicted octanol–water partition coefficient (Wildman–Crippen LogP) is 5.24. The number of ketones is 1. The summed E-state index contributed by atoms with van der Waals surface area (Å²) in [6, 6.07) is 0. The van der Waals surface area contributed by atoms with Gasteiger partial charge in [0.05, 0.1) is 18.1 Å². The maximum absolute atomic E-state index is 12.9. The third-order valence-corrected chi connectivity index (χ3v) is 13.2. The molecule has 0 radical (unpaired) electrons. The molecule has 5 heteroatoms. The van der Waals surface area contributed by atoms with Crippen molar-refractivity contribution in [1.29, 1.82) is 0 Å². The van der Waals surface area contributed by atoms with Gasteiger partial charge >= 0.3 is 5.97 Å². The van der Waals surface area contributed by atoms with Crippen LogP contribution >= 0.6 is 0 Å². The van der Waals surface area contributed by atoms with Gasteiger partial charge in [-0.15, -0.1) is 0 Å². The van der Waals surface area contributed by atoms with Crippen molar-refractivity contribution >= 4 is 11.8 Å². The van der Waals surface area contributed by atoms with E-state index in [1.165, 1.54) is 0 Å². The summed E-state index contributed by atoms with van der Waals surface area (Å²) in [4.78, 5) is 25.7. The Morgan fingerprint density at radius 2 is 1.69 bits per heavy atom. The number of aliphatic hydroxyl groups excluding tert-OH is 2. The molecule has 5 saturated carbocycles. The smallest absolute Gasteiger partial charge is 0.309 e. The van der Waals surface area contributed by atoms with Gasteiger partial charge in [0.15, 0.2) is 0 Å². The number of carboxylic acids is 1. The summed E-state index contributed by atoms with van der Waals surface area (Å²) in [6.45, 7) is 15.3. The van der Waals surface area contributed by atoms with E-state index in [0.29, 0.717) is 31.6 Å². The van der Waals surface area contributed by atoms with E-state index in [4.69, 9.17) is 0 Å². The van der Waals surface area contributed by atoms with E-state index in [-0.39, 0.29) is 52.3 Å². The topological polar surface area (TPSA) is 94.8 Å². The average Bonchev–Trinajstić information content (AvgIpc) is 3.17. The Kier molecular flexibility index (Phi) is 5.57. The predicted molar refractivity (Wildman–Crippen MR) is 134 cm³/mol. The molecule has 5 fully saturated rings. The number of rotatable bonds is 3. The number of aliphatic carboxylic acids is 1. The first-order chi connectivity index (χ1) is 16.2. The van der Waals surface area contributed by atoms with Gasteiger partial charge in [-0.2, -0.15) is 0 Å². The number of Topliss-reactive ketones (excluding diaryl/α,β-unsaturated/α-hetero) is 1. The minimum absolute atomic E-state index is 0.0109. The van der Waals surface area contributed by atoms with E-state index in [0.717, 1.165) is 37.7 Å². The second-order valence-corrected chi connectivity index (χ2v) is 14.4. The van der Waals surface area contributed by atoms with Gasteiger partial charge in [0.1, 0.15) is 5.78 Å². The van der Waals surface area contributed by atoms with Crippen LogP contribution in [0.25, 0.3) is 0 Å². The number of carbonyl (C=O) groups is 2. The van der Waals surface area contributed by atoms with E-state index < -0.39 is 22.9 Å². The van der Waals surface area contributed by atoms with Gasteiger partial charge < -0.3 is 15.3 Å². The van der Waals surface area contributed by atoms with E-state index in [1.54, 1.807) is 0 Å². The molecule has 5 aliphatic carbocycles. The van der Waals surface area contributed by atoms with Crippen LogP contribution in [-0.4, -0.2) is 39.8 Å². The minimum Gasteiger partial charge on any atom is -0.481 e. The first-order valence-corrected chi connectivity index (χ1v) is 13.9. The van der Waals surface area contributed by atoms with Gasteiger partial charge in [0.25, 0.3) is 0 Å². The SMILES string of the molecule is C=C(CO)C1CCC2(C(=O)O)CCC3(C)C(CCC4C5(C)CCC(=O)C(C)(C)C5C(O)CC43C)C12. The van der Waals surface area contributed by atoms with Crippen molar-refractivity contribution in [2.24, 2.45) is 56.7 Å². The minimum atomic E-state index is -0.727. The second-order valence-electron chi connectivity index (χ2n) is 14.4. The molecule has 5 rings (SSSR count). The van der Waals surface area contributed by atoms with E-state index in [9.17, 15) is 24.9 Å². The first-order valence-electron chi connectivity index (χ1n) is 13.9. The van der Waals surface area contributed by atoms with Crippen LogP contribution in [0, 0.1) is 56.7 Å². The normalized spacial score (nSPS) is 52.6. The van der Waals surface area contributed by atoms with E-state index in [1.807, 2.05) is 13.8 Å². The van der Waals surface area contributed by atoms with Gasteiger partial charge in [-0.25, -0.2) is 0 Å². The van der Waals surface area contributed by atoms with Crippen LogP contribution in [0.4, 0.5) is 0 Å². The molecule has 0 saturated heterocycles. The zero-order valence-corrected chi connectivity index (χ0v) is 22.4. The van der Waals surface area contributed by atoms with E-state index in [2.05, 4.69) is 27.4 Å². The lowest BCUT2D eigenvalue weighted by Crippen LogP contribution is -2.69. The highest BCUT2D eigenvalue weighted by Gasteiger charge is 2.73. The molecule has 0 heterocycles. The summed E-state index contributed by atoms with van der Waals surface area (Å²) < 4.78 is 0. The Labute approximate surface area is 210 Å². The largest absolute Gasteiger partial charge is 0.481 e. The maximum atomic E-state index is 12.9. The summed E-state index contributed by atoms with van der Waals surface area (Å²) in [5.41, 5.74) is -0.796. The van der Waals surface area contributed by atoms with Crippen molar-refractivity contribution < 1.29 is 24.9 Å². The van der Waals surface area contributed by atoms with E-state index >= 15 is 0 Å². The number of aliphatic hydroxyl groups is 2. The van der Waals surface area contributed by atoms with Gasteiger partial charge in [0, 0.05) is 17.8 Å². The molecule has 0 spiro atoms. The van der Waals surface area contributed by atoms with Crippen LogP contribution in [0.3, 0.4) is 0 Å². The molecule has 10 unspecified atom stereocenters. The van der Waals surface area contributed by atoms with Gasteiger partial charge in [-0.05, 0) is 96.9 Å². The average molecular weight is 487 g/mol. The number of hydrogen-bond donors (Lipinski definition) is 3. The summed E-state index contributed by atoms with van der Waals surface area (Å²) in [6.07, 6.45) is 6.56. The summed E-state index contributed by atoms with van der Waals surface area (Å²) in [5, 5.41) is 32.2. The number of carbonyl (C=O) groups excluding carboxylic acids is 1. The Morgan fingerprint density at radius 3 is 2.31 bits per heavy atom. The fourth-order valence-corrected chi connectivity index (χ4v) is 11.5. The molecule has 3 N–H and O–H groups in total. The van der Waals surface area contributed by atoms with Crippen LogP contribution < -0.4 is 0 Å². The first kappa shape index (κ1) is 25.4. The van der Waals surface area contributed by atoms with Crippen molar-refractivity contribution in [3.05, 3.63) is 12.2 Å². The standard InChI is InChI=1S/C30H46O5/c1-17(16-31)18-9-12-30(25(34)35)14-13-28(5)19(23(18)30)7-8-21-27(4)11-10-22(33)26(2,3)24(27)20(32)15-29(21,28)6/h18-21,23-24,31-32H,1,7-16H2,2-6H3,(H,34,35). The quantitative estimate of drug-likeness (QED) is 0.474. The molecule has 0 aliphatic heterocycles. The maximum Gasteiger partial charge on any atom is 0.309 e. The van der Waals surface area contributed by atoms with Crippen molar-refractivity contribution in [3.8, 4) is 0 Å². The molecule has 35 heavy (non-hydrogen) atoms. The van der Waals surface area contributed by atoms with Crippen molar-refractivity contribution in [3.63, 3.8) is 0 Å². The fraction of sp³-hybridized carbons (Fsp3) is 0.867. The number of hydrogen-bond acceptors (Lipinski definition) is 4. The fourth-order valence-electron chi connectivity index (χ4n) is 11.5. The second kappa shape index (κ2) is 7.66. The molecular weight excluding hydrogens is 440 g/mol. The van der Waals surface area contributed by atoms with Crippen LogP contribution in [-0.2, 0) is 9.59 Å². The molecule has 0 amide bonds. The Balaban J connectivity index is 1.60. The van der Waals surface area contributed by atoms with Crippen LogP contribution in [0.2, 0.25) is 0 Å². The monoisotopic (exact) mass is 486 g/mol. The van der Waals surface area contributed by atoms with Crippen molar-refractivity contribution in [1.82, 2.24) is 0 Å². The molecule has 5 aliphatic rings. The summed E-state index contributed by atoms with van der Waals surface area (Å²) in [7, 11) is 0. The van der Waals surface area contributed by atoms with Gasteiger partial charge in [-0.3, -0.25) is 9.59 Å². The summed E-state index contributed by atoms with van der Waals surface area (Å²) in [5.74, 6) is 0.234. The van der Waals surface area contributed by atoms with Crippen LogP contribution in [0.1, 0.15) is 92.4 Å². The lowest BCUT2D eigenvalue weighted by Gasteiger charge is -2.72. The Morgan fingerprint density at radius 1 is 1.00 bits per heavy atom. The zero-order valence-electron chi connectivity index (χ0n) is 22.4. The molecule has 0 aromatic rings. The molecule has 0 bridgehead atoms. The molecule has 10 atom stereocenters. The Bertz CT molecular complexity index is 954. The third-order valence-electron chi connectivity index (χ3n) is 13.2. The van der Waals surface area contributed by atoms with Gasteiger partial charge in [-0.1, -0.05) is 41.2 Å². The third kappa shape index (κ3) is 2.94. The molecular formula is C30H46O5. The summed E-state index contributed by atoms with van der Waals surface area (Å²) >= 11 is 0. The highest BCUT2D eigenvalue weighted by atomic mass is 16.4. The van der Waals surface area contributed by atoms with Gasteiger partial charge in [0.2, 0.25) is 0 Å². The molecule has 5 nitrogen and oxygen atoms in total. The highest BCUT2D eigenvalue weighted by Crippen LogP contribution is 2.77. The molecule has 196 valence electrons. The number of fused-ring (bicyclic) bond motifs is 7. The van der Waals surface area contributed by atoms with Crippen molar-refractivity contribution in [2.75, 3.05) is 6.61 Å². The molecule has 0 aromatic carbocycles. The highest BCUT2D eigenvalue weighted by molar-refractivity contribution is 5.85. The Hall–Kier alpha value is -1.20. The van der Waals surface area contributed by atoms with Crippen LogP contribution in [0.15, 0.2) is 12.2 Å².